The fourth-order valence-corrected chi connectivity index (χ4v) is 2.51. The quantitative estimate of drug-likeness (QED) is 0.847. The van der Waals surface area contributed by atoms with Gasteiger partial charge in [-0.2, -0.15) is 0 Å². The minimum Gasteiger partial charge on any atom is -0.481 e. The van der Waals surface area contributed by atoms with E-state index in [9.17, 15) is 4.79 Å². The standard InChI is InChI=1S/C15H21NO3/c1-2-11-4-3-9-16-14(10-11)19-13-7-5-12(6-8-13)15(17)18/h3-4,9-13H,2,5-8H2,1H3,(H,17,18). The molecule has 0 bridgehead atoms. The summed E-state index contributed by atoms with van der Waals surface area (Å²) in [6.45, 7) is 2.13. The zero-order chi connectivity index (χ0) is 13.7. The largest absolute Gasteiger partial charge is 0.481 e. The molecular weight excluding hydrogens is 242 g/mol. The SMILES string of the molecule is CCC1C=CC=NC(OC2CCC(C(=O)O)CC2)=C1. The van der Waals surface area contributed by atoms with Crippen LogP contribution in [0, 0.1) is 11.8 Å². The summed E-state index contributed by atoms with van der Waals surface area (Å²) in [5.41, 5.74) is 0. The van der Waals surface area contributed by atoms with Gasteiger partial charge in [-0.15, -0.1) is 0 Å². The van der Waals surface area contributed by atoms with Gasteiger partial charge < -0.3 is 9.84 Å². The number of carboxylic acids is 1. The number of carboxylic acid groups (broad SMARTS) is 1. The Balaban J connectivity index is 1.88. The van der Waals surface area contributed by atoms with Crippen LogP contribution in [0.4, 0.5) is 0 Å². The first-order valence-electron chi connectivity index (χ1n) is 7.01. The zero-order valence-corrected chi connectivity index (χ0v) is 11.3. The van der Waals surface area contributed by atoms with Crippen LogP contribution in [-0.2, 0) is 9.53 Å². The molecule has 1 fully saturated rings. The number of nitrogens with zero attached hydrogens (tertiary/aromatic N) is 1. The average molecular weight is 263 g/mol. The summed E-state index contributed by atoms with van der Waals surface area (Å²) in [5, 5.41) is 8.97. The molecule has 1 atom stereocenters. The number of rotatable bonds is 4. The second-order valence-electron chi connectivity index (χ2n) is 5.17. The first kappa shape index (κ1) is 13.8. The highest BCUT2D eigenvalue weighted by molar-refractivity contribution is 5.72. The number of allylic oxidation sites excluding steroid dienone is 3. The summed E-state index contributed by atoms with van der Waals surface area (Å²) in [5.74, 6) is 0.167. The lowest BCUT2D eigenvalue weighted by atomic mass is 9.87. The lowest BCUT2D eigenvalue weighted by molar-refractivity contribution is -0.143. The summed E-state index contributed by atoms with van der Waals surface area (Å²) in [4.78, 5) is 15.2. The molecule has 1 N–H and O–H groups in total. The maximum absolute atomic E-state index is 10.9. The van der Waals surface area contributed by atoms with E-state index in [1.165, 1.54) is 0 Å². The summed E-state index contributed by atoms with van der Waals surface area (Å²) >= 11 is 0. The second-order valence-corrected chi connectivity index (χ2v) is 5.17. The Labute approximate surface area is 113 Å². The Bertz CT molecular complexity index is 404. The van der Waals surface area contributed by atoms with Crippen molar-refractivity contribution in [2.45, 2.75) is 45.1 Å². The van der Waals surface area contributed by atoms with E-state index >= 15 is 0 Å². The van der Waals surface area contributed by atoms with Crippen molar-refractivity contribution in [1.82, 2.24) is 0 Å². The van der Waals surface area contributed by atoms with E-state index in [2.05, 4.69) is 18.0 Å². The van der Waals surface area contributed by atoms with Crippen LogP contribution in [0.2, 0.25) is 0 Å². The van der Waals surface area contributed by atoms with E-state index in [0.717, 1.165) is 19.3 Å². The van der Waals surface area contributed by atoms with E-state index in [0.29, 0.717) is 24.6 Å². The fraction of sp³-hybridized carbons (Fsp3) is 0.600. The van der Waals surface area contributed by atoms with Crippen molar-refractivity contribution in [3.8, 4) is 0 Å². The first-order valence-corrected chi connectivity index (χ1v) is 7.01. The van der Waals surface area contributed by atoms with E-state index < -0.39 is 5.97 Å². The topological polar surface area (TPSA) is 58.9 Å². The lowest BCUT2D eigenvalue weighted by Gasteiger charge is -2.26. The minimum atomic E-state index is -0.680. The van der Waals surface area contributed by atoms with Gasteiger partial charge in [-0.25, -0.2) is 4.99 Å². The van der Waals surface area contributed by atoms with Crippen LogP contribution in [0.15, 0.2) is 29.1 Å². The van der Waals surface area contributed by atoms with Gasteiger partial charge in [-0.05, 0) is 44.3 Å². The van der Waals surface area contributed by atoms with Crippen LogP contribution in [0.25, 0.3) is 0 Å². The second kappa shape index (κ2) is 6.55. The highest BCUT2D eigenvalue weighted by Gasteiger charge is 2.27. The first-order chi connectivity index (χ1) is 9.19. The Morgan fingerprint density at radius 2 is 2.16 bits per heavy atom. The predicted octanol–water partition coefficient (Wildman–Crippen LogP) is 3.15. The highest BCUT2D eigenvalue weighted by atomic mass is 16.5. The third kappa shape index (κ3) is 3.94. The molecule has 1 aliphatic carbocycles. The molecule has 0 aromatic carbocycles. The molecule has 2 rings (SSSR count). The molecule has 0 spiro atoms. The maximum Gasteiger partial charge on any atom is 0.306 e. The van der Waals surface area contributed by atoms with Crippen molar-refractivity contribution in [3.05, 3.63) is 24.1 Å². The Hall–Kier alpha value is -1.58. The van der Waals surface area contributed by atoms with Gasteiger partial charge >= 0.3 is 5.97 Å². The maximum atomic E-state index is 10.9. The van der Waals surface area contributed by atoms with E-state index in [1.54, 1.807) is 6.21 Å². The van der Waals surface area contributed by atoms with Gasteiger partial charge in [0.1, 0.15) is 6.10 Å². The zero-order valence-electron chi connectivity index (χ0n) is 11.3. The van der Waals surface area contributed by atoms with Crippen molar-refractivity contribution in [3.63, 3.8) is 0 Å². The number of carbonyl (C=O) groups is 1. The van der Waals surface area contributed by atoms with Gasteiger partial charge in [-0.3, -0.25) is 4.79 Å². The number of hydrogen-bond acceptors (Lipinski definition) is 3. The van der Waals surface area contributed by atoms with Gasteiger partial charge in [0.2, 0.25) is 5.88 Å². The molecule has 104 valence electrons. The molecule has 1 unspecified atom stereocenters. The molecule has 1 saturated carbocycles. The Morgan fingerprint density at radius 3 is 2.79 bits per heavy atom. The van der Waals surface area contributed by atoms with Gasteiger partial charge in [0, 0.05) is 12.1 Å². The summed E-state index contributed by atoms with van der Waals surface area (Å²) in [6, 6.07) is 0. The minimum absolute atomic E-state index is 0.106. The van der Waals surface area contributed by atoms with Crippen molar-refractivity contribution in [2.24, 2.45) is 16.8 Å². The monoisotopic (exact) mass is 263 g/mol. The van der Waals surface area contributed by atoms with Crippen molar-refractivity contribution in [1.29, 1.82) is 0 Å². The van der Waals surface area contributed by atoms with Crippen LogP contribution in [0.3, 0.4) is 0 Å². The number of ether oxygens (including phenoxy) is 1. The Morgan fingerprint density at radius 1 is 1.42 bits per heavy atom. The number of hydrogen-bond donors (Lipinski definition) is 1. The molecule has 4 heteroatoms. The third-order valence-electron chi connectivity index (χ3n) is 3.79. The molecule has 1 aliphatic heterocycles. The average Bonchev–Trinajstić information content (AvgIpc) is 2.64. The summed E-state index contributed by atoms with van der Waals surface area (Å²) in [7, 11) is 0. The van der Waals surface area contributed by atoms with Crippen molar-refractivity contribution >= 4 is 12.2 Å². The fourth-order valence-electron chi connectivity index (χ4n) is 2.51. The molecule has 19 heavy (non-hydrogen) atoms. The van der Waals surface area contributed by atoms with Gasteiger partial charge in [0.05, 0.1) is 5.92 Å². The number of aliphatic imine (C=N–C) groups is 1. The molecule has 0 radical (unpaired) electrons. The van der Waals surface area contributed by atoms with Gasteiger partial charge in [0.25, 0.3) is 0 Å². The van der Waals surface area contributed by atoms with E-state index in [-0.39, 0.29) is 12.0 Å². The van der Waals surface area contributed by atoms with Crippen molar-refractivity contribution in [2.75, 3.05) is 0 Å². The van der Waals surface area contributed by atoms with E-state index in [1.807, 2.05) is 12.2 Å². The third-order valence-corrected chi connectivity index (χ3v) is 3.79. The smallest absolute Gasteiger partial charge is 0.306 e. The molecule has 0 aromatic heterocycles. The van der Waals surface area contributed by atoms with Crippen LogP contribution in [0.1, 0.15) is 39.0 Å². The van der Waals surface area contributed by atoms with Gasteiger partial charge in [-0.1, -0.05) is 13.0 Å². The highest BCUT2D eigenvalue weighted by Crippen LogP contribution is 2.28. The summed E-state index contributed by atoms with van der Waals surface area (Å²) in [6.07, 6.45) is 12.0. The molecular formula is C15H21NO3. The van der Waals surface area contributed by atoms with E-state index in [4.69, 9.17) is 9.84 Å². The van der Waals surface area contributed by atoms with Gasteiger partial charge in [0.15, 0.2) is 0 Å². The van der Waals surface area contributed by atoms with Crippen LogP contribution in [-0.4, -0.2) is 23.4 Å². The Kier molecular flexibility index (Phi) is 4.77. The summed E-state index contributed by atoms with van der Waals surface area (Å²) < 4.78 is 5.90. The predicted molar refractivity (Wildman–Crippen MR) is 74.0 cm³/mol. The molecule has 1 heterocycles. The molecule has 0 amide bonds. The van der Waals surface area contributed by atoms with Crippen LogP contribution < -0.4 is 0 Å². The van der Waals surface area contributed by atoms with Crippen LogP contribution >= 0.6 is 0 Å². The molecule has 0 aromatic rings. The molecule has 4 nitrogen and oxygen atoms in total. The lowest BCUT2D eigenvalue weighted by Crippen LogP contribution is -2.25. The molecule has 2 aliphatic rings. The van der Waals surface area contributed by atoms with Crippen molar-refractivity contribution < 1.29 is 14.6 Å². The molecule has 0 saturated heterocycles. The normalized spacial score (nSPS) is 30.6. The number of aliphatic carboxylic acids is 1. The van der Waals surface area contributed by atoms with Crippen LogP contribution in [0.5, 0.6) is 0 Å².